The minimum Gasteiger partial charge on any atom is -0.396 e. The van der Waals surface area contributed by atoms with Crippen LogP contribution in [-0.4, -0.2) is 63.9 Å². The third-order valence-electron chi connectivity index (χ3n) is 5.00. The number of aromatic nitrogens is 2. The van der Waals surface area contributed by atoms with Gasteiger partial charge in [-0.15, -0.1) is 0 Å². The molecule has 1 aliphatic heterocycles. The average molecular weight is 360 g/mol. The van der Waals surface area contributed by atoms with Crippen molar-refractivity contribution in [2.75, 3.05) is 32.8 Å². The summed E-state index contributed by atoms with van der Waals surface area (Å²) in [5, 5.41) is 16.7. The van der Waals surface area contributed by atoms with E-state index in [2.05, 4.69) is 33.8 Å². The van der Waals surface area contributed by atoms with Crippen LogP contribution in [0.1, 0.15) is 25.8 Å². The van der Waals surface area contributed by atoms with Gasteiger partial charge in [0.15, 0.2) is 0 Å². The molecule has 0 amide bonds. The van der Waals surface area contributed by atoms with E-state index in [-0.39, 0.29) is 12.4 Å². The quantitative estimate of drug-likeness (QED) is 0.797. The topological polar surface area (TPSA) is 55.4 Å². The van der Waals surface area contributed by atoms with Gasteiger partial charge in [-0.25, -0.2) is 4.39 Å². The first-order chi connectivity index (χ1) is 12.6. The van der Waals surface area contributed by atoms with Gasteiger partial charge >= 0.3 is 0 Å². The van der Waals surface area contributed by atoms with Gasteiger partial charge in [0.25, 0.3) is 0 Å². The molecule has 0 radical (unpaired) electrons. The number of aliphatic hydroxyl groups is 1. The highest BCUT2D eigenvalue weighted by Gasteiger charge is 2.27. The number of benzene rings is 1. The SMILES string of the molecule is CC(C)CN1CCN(Cc2cn[nH]c2-c2ccc(F)cc2)CC1CCO. The van der Waals surface area contributed by atoms with Crippen LogP contribution in [0.25, 0.3) is 11.3 Å². The first kappa shape index (κ1) is 19.0. The van der Waals surface area contributed by atoms with Crippen LogP contribution in [0, 0.1) is 11.7 Å². The van der Waals surface area contributed by atoms with Gasteiger partial charge in [-0.3, -0.25) is 14.9 Å². The van der Waals surface area contributed by atoms with Crippen molar-refractivity contribution in [1.82, 2.24) is 20.0 Å². The molecule has 0 saturated carbocycles. The molecule has 2 N–H and O–H groups in total. The predicted octanol–water partition coefficient (Wildman–Crippen LogP) is 2.74. The van der Waals surface area contributed by atoms with Gasteiger partial charge in [0.1, 0.15) is 5.82 Å². The highest BCUT2D eigenvalue weighted by molar-refractivity contribution is 5.62. The van der Waals surface area contributed by atoms with Crippen molar-refractivity contribution in [3.05, 3.63) is 41.8 Å². The molecular formula is C20H29FN4O. The van der Waals surface area contributed by atoms with Crippen molar-refractivity contribution in [3.8, 4) is 11.3 Å². The zero-order chi connectivity index (χ0) is 18.5. The van der Waals surface area contributed by atoms with Crippen LogP contribution in [0.15, 0.2) is 30.5 Å². The number of piperazine rings is 1. The first-order valence-corrected chi connectivity index (χ1v) is 9.42. The molecule has 2 aromatic rings. The van der Waals surface area contributed by atoms with Crippen LogP contribution in [0.4, 0.5) is 4.39 Å². The van der Waals surface area contributed by atoms with Crippen molar-refractivity contribution < 1.29 is 9.50 Å². The second kappa shape index (κ2) is 8.75. The lowest BCUT2D eigenvalue weighted by atomic mass is 10.0. The fraction of sp³-hybridized carbons (Fsp3) is 0.550. The number of aliphatic hydroxyl groups excluding tert-OH is 1. The second-order valence-electron chi connectivity index (χ2n) is 7.57. The normalized spacial score (nSPS) is 19.3. The highest BCUT2D eigenvalue weighted by atomic mass is 19.1. The summed E-state index contributed by atoms with van der Waals surface area (Å²) in [6.07, 6.45) is 2.67. The number of hydrogen-bond acceptors (Lipinski definition) is 4. The summed E-state index contributed by atoms with van der Waals surface area (Å²) in [6, 6.07) is 6.89. The van der Waals surface area contributed by atoms with Crippen LogP contribution in [0.3, 0.4) is 0 Å². The lowest BCUT2D eigenvalue weighted by Crippen LogP contribution is -2.53. The van der Waals surface area contributed by atoms with E-state index in [9.17, 15) is 9.50 Å². The van der Waals surface area contributed by atoms with E-state index in [4.69, 9.17) is 0 Å². The standard InChI is InChI=1S/C20H29FN4O/c1-15(2)12-25-9-8-24(14-19(25)7-10-26)13-17-11-22-23-20(17)16-3-5-18(21)6-4-16/h3-6,11,15,19,26H,7-10,12-14H2,1-2H3,(H,22,23). The molecule has 2 heterocycles. The Morgan fingerprint density at radius 1 is 1.27 bits per heavy atom. The molecule has 0 spiro atoms. The smallest absolute Gasteiger partial charge is 0.123 e. The average Bonchev–Trinajstić information content (AvgIpc) is 3.06. The Balaban J connectivity index is 1.68. The van der Waals surface area contributed by atoms with Crippen LogP contribution in [0.2, 0.25) is 0 Å². The Morgan fingerprint density at radius 2 is 2.04 bits per heavy atom. The van der Waals surface area contributed by atoms with Gasteiger partial charge < -0.3 is 5.11 Å². The molecule has 26 heavy (non-hydrogen) atoms. The largest absolute Gasteiger partial charge is 0.396 e. The molecule has 142 valence electrons. The summed E-state index contributed by atoms with van der Waals surface area (Å²) in [7, 11) is 0. The van der Waals surface area contributed by atoms with E-state index in [1.54, 1.807) is 12.1 Å². The van der Waals surface area contributed by atoms with Crippen LogP contribution < -0.4 is 0 Å². The molecule has 1 saturated heterocycles. The summed E-state index contributed by atoms with van der Waals surface area (Å²) in [5.41, 5.74) is 3.02. The molecule has 3 rings (SSSR count). The zero-order valence-electron chi connectivity index (χ0n) is 15.7. The number of halogens is 1. The Morgan fingerprint density at radius 3 is 2.73 bits per heavy atom. The van der Waals surface area contributed by atoms with Crippen molar-refractivity contribution in [3.63, 3.8) is 0 Å². The minimum atomic E-state index is -0.233. The predicted molar refractivity (Wildman–Crippen MR) is 101 cm³/mol. The molecule has 0 bridgehead atoms. The molecular weight excluding hydrogens is 331 g/mol. The number of rotatable bonds is 7. The molecule has 1 aliphatic rings. The van der Waals surface area contributed by atoms with E-state index in [1.165, 1.54) is 12.1 Å². The molecule has 5 nitrogen and oxygen atoms in total. The summed E-state index contributed by atoms with van der Waals surface area (Å²) in [4.78, 5) is 4.93. The third-order valence-corrected chi connectivity index (χ3v) is 5.00. The minimum absolute atomic E-state index is 0.222. The molecule has 1 fully saturated rings. The monoisotopic (exact) mass is 360 g/mol. The Labute approximate surface area is 154 Å². The zero-order valence-corrected chi connectivity index (χ0v) is 15.7. The molecule has 1 aromatic carbocycles. The fourth-order valence-electron chi connectivity index (χ4n) is 3.77. The molecule has 0 aliphatic carbocycles. The molecule has 1 aromatic heterocycles. The maximum Gasteiger partial charge on any atom is 0.123 e. The van der Waals surface area contributed by atoms with Crippen molar-refractivity contribution in [2.24, 2.45) is 5.92 Å². The van der Waals surface area contributed by atoms with E-state index in [0.717, 1.165) is 56.0 Å². The van der Waals surface area contributed by atoms with Crippen molar-refractivity contribution in [1.29, 1.82) is 0 Å². The van der Waals surface area contributed by atoms with Crippen molar-refractivity contribution >= 4 is 0 Å². The summed E-state index contributed by atoms with van der Waals surface area (Å²) in [5.74, 6) is 0.393. The number of hydrogen-bond donors (Lipinski definition) is 2. The number of nitrogens with one attached hydrogen (secondary N) is 1. The van der Waals surface area contributed by atoms with Gasteiger partial charge in [-0.05, 0) is 36.6 Å². The maximum absolute atomic E-state index is 13.2. The number of H-pyrrole nitrogens is 1. The van der Waals surface area contributed by atoms with Gasteiger partial charge in [0.2, 0.25) is 0 Å². The fourth-order valence-corrected chi connectivity index (χ4v) is 3.77. The lowest BCUT2D eigenvalue weighted by Gasteiger charge is -2.42. The number of aromatic amines is 1. The van der Waals surface area contributed by atoms with Gasteiger partial charge in [-0.1, -0.05) is 13.8 Å². The van der Waals surface area contributed by atoms with E-state index in [0.29, 0.717) is 12.0 Å². The molecule has 6 heteroatoms. The lowest BCUT2D eigenvalue weighted by molar-refractivity contribution is 0.0477. The number of nitrogens with zero attached hydrogens (tertiary/aromatic N) is 3. The third kappa shape index (κ3) is 4.69. The summed E-state index contributed by atoms with van der Waals surface area (Å²) in [6.45, 7) is 9.55. The van der Waals surface area contributed by atoms with Crippen molar-refractivity contribution in [2.45, 2.75) is 32.9 Å². The van der Waals surface area contributed by atoms with Crippen LogP contribution in [0.5, 0.6) is 0 Å². The Bertz CT molecular complexity index is 685. The maximum atomic E-state index is 13.2. The van der Waals surface area contributed by atoms with E-state index < -0.39 is 0 Å². The molecule has 1 unspecified atom stereocenters. The van der Waals surface area contributed by atoms with Gasteiger partial charge in [-0.2, -0.15) is 5.10 Å². The van der Waals surface area contributed by atoms with E-state index in [1.807, 2.05) is 6.20 Å². The Kier molecular flexibility index (Phi) is 6.40. The molecule has 1 atom stereocenters. The first-order valence-electron chi connectivity index (χ1n) is 9.42. The van der Waals surface area contributed by atoms with Gasteiger partial charge in [0.05, 0.1) is 11.9 Å². The van der Waals surface area contributed by atoms with Crippen LogP contribution >= 0.6 is 0 Å². The Hall–Kier alpha value is -1.76. The van der Waals surface area contributed by atoms with E-state index >= 15 is 0 Å². The summed E-state index contributed by atoms with van der Waals surface area (Å²) < 4.78 is 13.2. The van der Waals surface area contributed by atoms with Crippen LogP contribution in [-0.2, 0) is 6.54 Å². The highest BCUT2D eigenvalue weighted by Crippen LogP contribution is 2.24. The summed E-state index contributed by atoms with van der Waals surface area (Å²) >= 11 is 0. The second-order valence-corrected chi connectivity index (χ2v) is 7.57. The van der Waals surface area contributed by atoms with Gasteiger partial charge in [0, 0.05) is 56.5 Å².